The van der Waals surface area contributed by atoms with Crippen molar-refractivity contribution in [2.24, 2.45) is 28.6 Å². The number of ketones is 1. The first kappa shape index (κ1) is 21.6. The van der Waals surface area contributed by atoms with Crippen LogP contribution in [0.5, 0.6) is 0 Å². The number of hydrogen-bond acceptors (Lipinski definition) is 6. The van der Waals surface area contributed by atoms with E-state index in [9.17, 15) is 9.90 Å². The first-order valence-corrected chi connectivity index (χ1v) is 11.8. The Labute approximate surface area is 186 Å². The highest BCUT2D eigenvalue weighted by atomic mass is 19.1. The Morgan fingerprint density at radius 2 is 1.88 bits per heavy atom. The van der Waals surface area contributed by atoms with Crippen LogP contribution >= 0.6 is 0 Å². The first-order chi connectivity index (χ1) is 15.1. The average molecular weight is 455 g/mol. The zero-order valence-electron chi connectivity index (χ0n) is 18.9. The molecule has 0 aromatic rings. The Kier molecular flexibility index (Phi) is 4.31. The highest BCUT2D eigenvalue weighted by molar-refractivity contribution is 5.83. The number of alkyl halides is 1. The number of allylic oxidation sites excluding steroid dienone is 2. The molecule has 1 unspecified atom stereocenters. The predicted molar refractivity (Wildman–Crippen MR) is 107 cm³/mol. The van der Waals surface area contributed by atoms with Crippen LogP contribution in [0, 0.1) is 28.6 Å². The molecule has 4 aliphatic carbocycles. The number of carbonyl (C=O) groups excluding carboxylic acids is 1. The smallest absolute Gasteiger partial charge is 0.227 e. The number of fused-ring (bicyclic) bond motifs is 7. The second-order valence-corrected chi connectivity index (χ2v) is 11.4. The summed E-state index contributed by atoms with van der Waals surface area (Å²) >= 11 is 0. The maximum atomic E-state index is 17.3. The Balaban J connectivity index is 1.50. The predicted octanol–water partition coefficient (Wildman–Crippen LogP) is 3.57. The van der Waals surface area contributed by atoms with Crippen LogP contribution in [0.2, 0.25) is 0 Å². The lowest BCUT2D eigenvalue weighted by Gasteiger charge is -2.64. The molecule has 6 nitrogen and oxygen atoms in total. The average Bonchev–Trinajstić information content (AvgIpc) is 3.42. The summed E-state index contributed by atoms with van der Waals surface area (Å²) in [7, 11) is 0. The van der Waals surface area contributed by atoms with Gasteiger partial charge in [-0.1, -0.05) is 20.8 Å². The van der Waals surface area contributed by atoms with Gasteiger partial charge in [0.2, 0.25) is 5.79 Å². The van der Waals surface area contributed by atoms with Crippen molar-refractivity contribution in [3.8, 4) is 0 Å². The third-order valence-electron chi connectivity index (χ3n) is 10.4. The van der Waals surface area contributed by atoms with Crippen LogP contribution in [0.25, 0.3) is 0 Å². The molecule has 2 aliphatic heterocycles. The van der Waals surface area contributed by atoms with Crippen molar-refractivity contribution < 1.29 is 37.6 Å². The fourth-order valence-electron chi connectivity index (χ4n) is 9.07. The van der Waals surface area contributed by atoms with Gasteiger partial charge in [0.15, 0.2) is 13.6 Å². The van der Waals surface area contributed by atoms with Gasteiger partial charge in [-0.15, -0.1) is 0 Å². The molecule has 6 rings (SSSR count). The Hall–Kier alpha value is -0.930. The van der Waals surface area contributed by atoms with E-state index in [0.717, 1.165) is 0 Å². The molecule has 0 amide bonds. The minimum atomic E-state index is -2.01. The van der Waals surface area contributed by atoms with Gasteiger partial charge >= 0.3 is 0 Å². The highest BCUT2D eigenvalue weighted by Crippen LogP contribution is 2.74. The quantitative estimate of drug-likeness (QED) is 0.603. The fourth-order valence-corrected chi connectivity index (χ4v) is 9.07. The summed E-state index contributed by atoms with van der Waals surface area (Å²) in [6, 6.07) is 0. The normalized spacial score (nSPS) is 57.2. The molecule has 5 fully saturated rings. The van der Waals surface area contributed by atoms with E-state index in [4.69, 9.17) is 18.9 Å². The maximum absolute atomic E-state index is 17.3. The molecule has 1 N–H and O–H groups in total. The van der Waals surface area contributed by atoms with Gasteiger partial charge in [0.1, 0.15) is 29.5 Å². The van der Waals surface area contributed by atoms with Gasteiger partial charge < -0.3 is 24.1 Å². The minimum Gasteiger partial charge on any atom is -0.390 e. The van der Waals surface area contributed by atoms with Crippen LogP contribution < -0.4 is 0 Å². The number of Topliss-reactive ketones (excluding diaryl/α,β-unsaturated/α-hetero) is 1. The molecule has 0 aromatic carbocycles. The second kappa shape index (κ2) is 6.39. The van der Waals surface area contributed by atoms with Crippen molar-refractivity contribution in [3.63, 3.8) is 0 Å². The molecule has 3 saturated carbocycles. The standard InChI is InChI=1S/C24H32F2O6/c1-13-6-15-16-8-18(25)17-7-14(27)4-5-20(17,2)23(16,26)19(28)9-21(15,3)24(13)22(31-12-32-24)10-29-11-30-22/h13,15-16,19,28H,4-12H2,1-3H3/t13-,15-,16-,19-,20-,21-,22?,23-,24+/m0/s1. The van der Waals surface area contributed by atoms with Gasteiger partial charge in [0.25, 0.3) is 0 Å². The van der Waals surface area contributed by atoms with Gasteiger partial charge in [-0.2, -0.15) is 0 Å². The van der Waals surface area contributed by atoms with Crippen LogP contribution in [0.1, 0.15) is 59.3 Å². The zero-order valence-corrected chi connectivity index (χ0v) is 18.9. The van der Waals surface area contributed by atoms with Crippen molar-refractivity contribution in [3.05, 3.63) is 11.4 Å². The number of ether oxygens (including phenoxy) is 4. The second-order valence-electron chi connectivity index (χ2n) is 11.4. The molecule has 6 aliphatic rings. The van der Waals surface area contributed by atoms with E-state index in [-0.39, 0.29) is 81.3 Å². The number of aliphatic hydroxyl groups is 1. The van der Waals surface area contributed by atoms with Crippen LogP contribution in [0.4, 0.5) is 8.78 Å². The Bertz CT molecular complexity index is 895. The monoisotopic (exact) mass is 454 g/mol. The molecular weight excluding hydrogens is 422 g/mol. The first-order valence-electron chi connectivity index (χ1n) is 11.8. The number of aliphatic hydroxyl groups excluding tert-OH is 1. The SMILES string of the molecule is C[C@H]1C[C@H]2[C@@H]3CC(F)=C4CC(=O)CC[C@]4(C)[C@@]3(F)[C@@H](O)C[C@]2(C)[C@]12OCOC21COCO1. The van der Waals surface area contributed by atoms with Crippen molar-refractivity contribution in [2.45, 2.75) is 82.5 Å². The lowest BCUT2D eigenvalue weighted by molar-refractivity contribution is -0.279. The number of rotatable bonds is 0. The summed E-state index contributed by atoms with van der Waals surface area (Å²) in [5, 5.41) is 11.5. The summed E-state index contributed by atoms with van der Waals surface area (Å²) in [5.41, 5.74) is -4.55. The van der Waals surface area contributed by atoms with E-state index in [1.165, 1.54) is 0 Å². The molecule has 2 saturated heterocycles. The molecule has 2 heterocycles. The van der Waals surface area contributed by atoms with E-state index in [1.807, 2.05) is 6.92 Å². The van der Waals surface area contributed by atoms with Crippen molar-refractivity contribution in [2.75, 3.05) is 20.2 Å². The van der Waals surface area contributed by atoms with E-state index < -0.39 is 39.9 Å². The lowest BCUT2D eigenvalue weighted by atomic mass is 9.44. The molecule has 9 atom stereocenters. The number of carbonyl (C=O) groups is 1. The number of hydrogen-bond donors (Lipinski definition) is 1. The maximum Gasteiger partial charge on any atom is 0.227 e. The molecule has 8 heteroatoms. The molecular formula is C24H32F2O6. The minimum absolute atomic E-state index is 0.0375. The molecule has 0 aromatic heterocycles. The molecule has 178 valence electrons. The summed E-state index contributed by atoms with van der Waals surface area (Å²) in [6.45, 7) is 6.12. The summed E-state index contributed by atoms with van der Waals surface area (Å²) in [6.07, 6.45) is -0.259. The van der Waals surface area contributed by atoms with Crippen LogP contribution in [-0.2, 0) is 23.7 Å². The third-order valence-corrected chi connectivity index (χ3v) is 10.4. The van der Waals surface area contributed by atoms with Gasteiger partial charge in [-0.25, -0.2) is 8.78 Å². The molecule has 32 heavy (non-hydrogen) atoms. The molecule has 2 spiro atoms. The molecule has 0 radical (unpaired) electrons. The fraction of sp³-hybridized carbons (Fsp3) is 0.875. The number of halogens is 2. The topological polar surface area (TPSA) is 74.2 Å². The zero-order chi connectivity index (χ0) is 22.7. The summed E-state index contributed by atoms with van der Waals surface area (Å²) in [5.74, 6) is -2.57. The Morgan fingerprint density at radius 1 is 1.12 bits per heavy atom. The van der Waals surface area contributed by atoms with Crippen molar-refractivity contribution in [1.82, 2.24) is 0 Å². The van der Waals surface area contributed by atoms with Crippen molar-refractivity contribution in [1.29, 1.82) is 0 Å². The van der Waals surface area contributed by atoms with Crippen LogP contribution in [-0.4, -0.2) is 54.2 Å². The Morgan fingerprint density at radius 3 is 2.59 bits per heavy atom. The van der Waals surface area contributed by atoms with Gasteiger partial charge in [0, 0.05) is 36.0 Å². The van der Waals surface area contributed by atoms with Crippen LogP contribution in [0.15, 0.2) is 11.4 Å². The van der Waals surface area contributed by atoms with E-state index in [0.29, 0.717) is 6.42 Å². The summed E-state index contributed by atoms with van der Waals surface area (Å²) < 4.78 is 56.7. The van der Waals surface area contributed by atoms with E-state index in [2.05, 4.69) is 6.92 Å². The van der Waals surface area contributed by atoms with Crippen LogP contribution in [0.3, 0.4) is 0 Å². The van der Waals surface area contributed by atoms with Crippen molar-refractivity contribution >= 4 is 5.78 Å². The highest BCUT2D eigenvalue weighted by Gasteiger charge is 2.81. The largest absolute Gasteiger partial charge is 0.390 e. The molecule has 0 bridgehead atoms. The van der Waals surface area contributed by atoms with E-state index >= 15 is 8.78 Å². The van der Waals surface area contributed by atoms with Gasteiger partial charge in [-0.3, -0.25) is 4.79 Å². The lowest BCUT2D eigenvalue weighted by Crippen LogP contribution is -2.72. The third kappa shape index (κ3) is 2.11. The van der Waals surface area contributed by atoms with Gasteiger partial charge in [-0.05, 0) is 36.7 Å². The van der Waals surface area contributed by atoms with E-state index in [1.54, 1.807) is 6.92 Å². The van der Waals surface area contributed by atoms with Gasteiger partial charge in [0.05, 0.1) is 6.10 Å². The summed E-state index contributed by atoms with van der Waals surface area (Å²) in [4.78, 5) is 12.1.